The standard InChI is InChI=1S/C14H14Cl2N2O2/c15-14(16)7-10(14)13(20)18-6-2-4-8-9(12(17)19)3-1-5-11(8)18/h1,3,5,10H,2,4,6-7H2,(H2,17,19). The van der Waals surface area contributed by atoms with E-state index >= 15 is 0 Å². The summed E-state index contributed by atoms with van der Waals surface area (Å²) in [7, 11) is 0. The van der Waals surface area contributed by atoms with Crippen LogP contribution < -0.4 is 10.6 Å². The molecule has 0 saturated heterocycles. The maximum atomic E-state index is 12.5. The average Bonchev–Trinajstić information content (AvgIpc) is 3.05. The second-order valence-corrected chi connectivity index (χ2v) is 6.82. The van der Waals surface area contributed by atoms with Crippen molar-refractivity contribution in [3.63, 3.8) is 0 Å². The number of carbonyl (C=O) groups is 2. The molecule has 2 N–H and O–H groups in total. The van der Waals surface area contributed by atoms with Crippen molar-refractivity contribution in [1.82, 2.24) is 0 Å². The van der Waals surface area contributed by atoms with E-state index in [0.29, 0.717) is 18.5 Å². The van der Waals surface area contributed by atoms with E-state index in [-0.39, 0.29) is 11.8 Å². The highest BCUT2D eigenvalue weighted by molar-refractivity contribution is 6.52. The molecule has 6 heteroatoms. The number of amides is 2. The minimum atomic E-state index is -0.935. The molecule has 1 aromatic carbocycles. The predicted octanol–water partition coefficient (Wildman–Crippen LogP) is 2.26. The first-order chi connectivity index (χ1) is 9.42. The van der Waals surface area contributed by atoms with Gasteiger partial charge in [-0.25, -0.2) is 0 Å². The normalized spacial score (nSPS) is 23.1. The zero-order valence-corrected chi connectivity index (χ0v) is 12.2. The van der Waals surface area contributed by atoms with Crippen LogP contribution in [0, 0.1) is 5.92 Å². The molecule has 1 aliphatic heterocycles. The number of nitrogens with zero attached hydrogens (tertiary/aromatic N) is 1. The number of halogens is 2. The molecular formula is C14H14Cl2N2O2. The van der Waals surface area contributed by atoms with Crippen molar-refractivity contribution >= 4 is 40.7 Å². The number of rotatable bonds is 2. The van der Waals surface area contributed by atoms with Crippen LogP contribution in [-0.2, 0) is 11.2 Å². The maximum absolute atomic E-state index is 12.5. The number of fused-ring (bicyclic) bond motifs is 1. The molecule has 1 heterocycles. The summed E-state index contributed by atoms with van der Waals surface area (Å²) >= 11 is 11.9. The molecule has 1 unspecified atom stereocenters. The van der Waals surface area contributed by atoms with E-state index in [1.807, 2.05) is 6.07 Å². The lowest BCUT2D eigenvalue weighted by atomic mass is 9.95. The van der Waals surface area contributed by atoms with Crippen LogP contribution in [0.5, 0.6) is 0 Å². The summed E-state index contributed by atoms with van der Waals surface area (Å²) in [5.41, 5.74) is 7.48. The number of benzene rings is 1. The molecule has 0 spiro atoms. The highest BCUT2D eigenvalue weighted by Gasteiger charge is 2.57. The number of nitrogens with two attached hydrogens (primary N) is 1. The van der Waals surface area contributed by atoms with Gasteiger partial charge in [-0.15, -0.1) is 23.2 Å². The second-order valence-electron chi connectivity index (χ2n) is 5.28. The van der Waals surface area contributed by atoms with Crippen LogP contribution in [0.2, 0.25) is 0 Å². The SMILES string of the molecule is NC(=O)c1cccc2c1CCCN2C(=O)C1CC1(Cl)Cl. The van der Waals surface area contributed by atoms with Crippen molar-refractivity contribution in [2.24, 2.45) is 11.7 Å². The Labute approximate surface area is 126 Å². The van der Waals surface area contributed by atoms with Gasteiger partial charge in [0.2, 0.25) is 11.8 Å². The first-order valence-electron chi connectivity index (χ1n) is 6.53. The van der Waals surface area contributed by atoms with Gasteiger partial charge in [-0.05, 0) is 37.0 Å². The summed E-state index contributed by atoms with van der Waals surface area (Å²) in [6, 6.07) is 5.27. The molecular weight excluding hydrogens is 299 g/mol. The van der Waals surface area contributed by atoms with Crippen LogP contribution in [0.3, 0.4) is 0 Å². The van der Waals surface area contributed by atoms with Crippen LogP contribution in [0.15, 0.2) is 18.2 Å². The molecule has 2 amide bonds. The van der Waals surface area contributed by atoms with Gasteiger partial charge in [0.1, 0.15) is 4.33 Å². The lowest BCUT2D eigenvalue weighted by molar-refractivity contribution is -0.119. The zero-order chi connectivity index (χ0) is 14.5. The number of hydrogen-bond acceptors (Lipinski definition) is 2. The minimum absolute atomic E-state index is 0.0717. The van der Waals surface area contributed by atoms with Gasteiger partial charge < -0.3 is 10.6 Å². The summed E-state index contributed by atoms with van der Waals surface area (Å²) in [5.74, 6) is -0.891. The van der Waals surface area contributed by atoms with Crippen LogP contribution >= 0.6 is 23.2 Å². The van der Waals surface area contributed by atoms with Crippen LogP contribution in [0.4, 0.5) is 5.69 Å². The smallest absolute Gasteiger partial charge is 0.249 e. The lowest BCUT2D eigenvalue weighted by Crippen LogP contribution is -2.38. The van der Waals surface area contributed by atoms with Crippen molar-refractivity contribution < 1.29 is 9.59 Å². The monoisotopic (exact) mass is 312 g/mol. The topological polar surface area (TPSA) is 63.4 Å². The fourth-order valence-corrected chi connectivity index (χ4v) is 3.25. The van der Waals surface area contributed by atoms with Crippen molar-refractivity contribution in [2.45, 2.75) is 23.6 Å². The molecule has 1 aromatic rings. The fraction of sp³-hybridized carbons (Fsp3) is 0.429. The molecule has 1 aliphatic carbocycles. The van der Waals surface area contributed by atoms with Crippen LogP contribution in [0.1, 0.15) is 28.8 Å². The quantitative estimate of drug-likeness (QED) is 0.851. The number of hydrogen-bond donors (Lipinski definition) is 1. The van der Waals surface area contributed by atoms with E-state index in [1.54, 1.807) is 17.0 Å². The van der Waals surface area contributed by atoms with Crippen LogP contribution in [-0.4, -0.2) is 22.7 Å². The Bertz CT molecular complexity index is 601. The van der Waals surface area contributed by atoms with Crippen molar-refractivity contribution in [3.8, 4) is 0 Å². The molecule has 0 radical (unpaired) electrons. The first-order valence-corrected chi connectivity index (χ1v) is 7.28. The molecule has 20 heavy (non-hydrogen) atoms. The van der Waals surface area contributed by atoms with Gasteiger partial charge >= 0.3 is 0 Å². The molecule has 2 aliphatic rings. The van der Waals surface area contributed by atoms with Gasteiger partial charge in [0.05, 0.1) is 5.92 Å². The Morgan fingerprint density at radius 1 is 1.35 bits per heavy atom. The third-order valence-corrected chi connectivity index (χ3v) is 4.74. The number of primary amides is 1. The Morgan fingerprint density at radius 2 is 2.05 bits per heavy atom. The summed E-state index contributed by atoms with van der Waals surface area (Å²) in [6.07, 6.45) is 2.03. The molecule has 0 aromatic heterocycles. The van der Waals surface area contributed by atoms with Crippen molar-refractivity contribution in [3.05, 3.63) is 29.3 Å². The van der Waals surface area contributed by atoms with Gasteiger partial charge in [-0.2, -0.15) is 0 Å². The fourth-order valence-electron chi connectivity index (χ4n) is 2.75. The van der Waals surface area contributed by atoms with Crippen LogP contribution in [0.25, 0.3) is 0 Å². The Hall–Kier alpha value is -1.26. The van der Waals surface area contributed by atoms with E-state index in [0.717, 1.165) is 24.1 Å². The molecule has 106 valence electrons. The molecule has 3 rings (SSSR count). The average molecular weight is 313 g/mol. The Morgan fingerprint density at radius 3 is 2.65 bits per heavy atom. The minimum Gasteiger partial charge on any atom is -0.366 e. The highest BCUT2D eigenvalue weighted by atomic mass is 35.5. The summed E-state index contributed by atoms with van der Waals surface area (Å²) < 4.78 is -0.935. The molecule has 1 fully saturated rings. The third-order valence-electron chi connectivity index (χ3n) is 3.91. The highest BCUT2D eigenvalue weighted by Crippen LogP contribution is 2.54. The van der Waals surface area contributed by atoms with E-state index < -0.39 is 10.2 Å². The molecule has 1 atom stereocenters. The molecule has 4 nitrogen and oxygen atoms in total. The predicted molar refractivity (Wildman–Crippen MR) is 78.2 cm³/mol. The summed E-state index contributed by atoms with van der Waals surface area (Å²) in [4.78, 5) is 25.6. The number of anilines is 1. The number of alkyl halides is 2. The molecule has 1 saturated carbocycles. The maximum Gasteiger partial charge on any atom is 0.249 e. The third kappa shape index (κ3) is 2.17. The summed E-state index contributed by atoms with van der Waals surface area (Å²) in [5, 5.41) is 0. The Kier molecular flexibility index (Phi) is 3.18. The lowest BCUT2D eigenvalue weighted by Gasteiger charge is -2.30. The molecule has 0 bridgehead atoms. The Balaban J connectivity index is 1.97. The van der Waals surface area contributed by atoms with Crippen molar-refractivity contribution in [1.29, 1.82) is 0 Å². The van der Waals surface area contributed by atoms with Gasteiger partial charge in [-0.3, -0.25) is 9.59 Å². The van der Waals surface area contributed by atoms with Gasteiger partial charge in [0, 0.05) is 17.8 Å². The first kappa shape index (κ1) is 13.7. The van der Waals surface area contributed by atoms with E-state index in [9.17, 15) is 9.59 Å². The zero-order valence-electron chi connectivity index (χ0n) is 10.7. The van der Waals surface area contributed by atoms with E-state index in [4.69, 9.17) is 28.9 Å². The summed E-state index contributed by atoms with van der Waals surface area (Å²) in [6.45, 7) is 0.619. The van der Waals surface area contributed by atoms with Gasteiger partial charge in [0.25, 0.3) is 0 Å². The van der Waals surface area contributed by atoms with Gasteiger partial charge in [-0.1, -0.05) is 6.07 Å². The van der Waals surface area contributed by atoms with E-state index in [2.05, 4.69) is 0 Å². The van der Waals surface area contributed by atoms with Crippen molar-refractivity contribution in [2.75, 3.05) is 11.4 Å². The van der Waals surface area contributed by atoms with E-state index in [1.165, 1.54) is 0 Å². The largest absolute Gasteiger partial charge is 0.366 e. The second kappa shape index (κ2) is 4.64. The number of carbonyl (C=O) groups excluding carboxylic acids is 2. The van der Waals surface area contributed by atoms with Gasteiger partial charge in [0.15, 0.2) is 0 Å².